The van der Waals surface area contributed by atoms with E-state index in [1.807, 2.05) is 4.90 Å². The molecule has 7 nitrogen and oxygen atoms in total. The van der Waals surface area contributed by atoms with Gasteiger partial charge in [-0.1, -0.05) is 0 Å². The fraction of sp³-hybridized carbons (Fsp3) is 0.533. The number of ether oxygens (including phenoxy) is 1. The van der Waals surface area contributed by atoms with Crippen molar-refractivity contribution in [2.24, 2.45) is 20.9 Å². The molecule has 3 aliphatic heterocycles. The van der Waals surface area contributed by atoms with E-state index in [1.165, 1.54) is 0 Å². The molecule has 1 aliphatic carbocycles. The largest absolute Gasteiger partial charge is 0.378 e. The van der Waals surface area contributed by atoms with Crippen molar-refractivity contribution in [3.8, 4) is 0 Å². The lowest BCUT2D eigenvalue weighted by molar-refractivity contribution is -0.119. The molecule has 0 radical (unpaired) electrons. The zero-order chi connectivity index (χ0) is 15.1. The van der Waals surface area contributed by atoms with Crippen molar-refractivity contribution >= 4 is 29.7 Å². The Labute approximate surface area is 127 Å². The molecule has 4 rings (SSSR count). The molecule has 3 heterocycles. The molecule has 0 N–H and O–H groups in total. The number of hydrogen-bond acceptors (Lipinski definition) is 6. The number of amidine groups is 1. The quantitative estimate of drug-likeness (QED) is 0.647. The number of guanidine groups is 1. The average molecular weight is 300 g/mol. The molecule has 0 spiro atoms. The van der Waals surface area contributed by atoms with E-state index in [4.69, 9.17) is 4.74 Å². The first-order valence-corrected chi connectivity index (χ1v) is 7.58. The van der Waals surface area contributed by atoms with Crippen LogP contribution in [0.5, 0.6) is 0 Å². The highest BCUT2D eigenvalue weighted by molar-refractivity contribution is 6.26. The van der Waals surface area contributed by atoms with Crippen LogP contribution in [0.25, 0.3) is 0 Å². The van der Waals surface area contributed by atoms with Crippen molar-refractivity contribution in [1.29, 1.82) is 0 Å². The zero-order valence-electron chi connectivity index (χ0n) is 12.1. The third-order valence-corrected chi connectivity index (χ3v) is 4.39. The highest BCUT2D eigenvalue weighted by Gasteiger charge is 2.39. The number of amides is 1. The molecule has 0 bridgehead atoms. The molecule has 22 heavy (non-hydrogen) atoms. The minimum Gasteiger partial charge on any atom is -0.378 e. The Kier molecular flexibility index (Phi) is 3.22. The van der Waals surface area contributed by atoms with E-state index in [0.717, 1.165) is 18.4 Å². The molecule has 1 fully saturated rings. The Morgan fingerprint density at radius 2 is 1.95 bits per heavy atom. The molecular formula is C15H16N4O3. The molecule has 0 aromatic carbocycles. The maximum Gasteiger partial charge on any atom is 0.263 e. The van der Waals surface area contributed by atoms with Crippen molar-refractivity contribution in [2.75, 3.05) is 26.3 Å². The van der Waals surface area contributed by atoms with Gasteiger partial charge in [-0.25, -0.2) is 4.99 Å². The van der Waals surface area contributed by atoms with E-state index in [1.54, 1.807) is 6.21 Å². The molecule has 1 amide bonds. The number of carbonyl (C=O) groups is 2. The van der Waals surface area contributed by atoms with Gasteiger partial charge in [-0.3, -0.25) is 9.59 Å². The summed E-state index contributed by atoms with van der Waals surface area (Å²) in [5.74, 6) is 0.136. The van der Waals surface area contributed by atoms with E-state index >= 15 is 0 Å². The van der Waals surface area contributed by atoms with Gasteiger partial charge in [0.1, 0.15) is 11.8 Å². The highest BCUT2D eigenvalue weighted by Crippen LogP contribution is 2.33. The Hall–Kier alpha value is -2.15. The summed E-state index contributed by atoms with van der Waals surface area (Å²) in [4.78, 5) is 39.3. The zero-order valence-corrected chi connectivity index (χ0v) is 12.1. The number of Topliss-reactive ketones (excluding diaryl/α,β-unsaturated/α-hetero) is 1. The van der Waals surface area contributed by atoms with Crippen LogP contribution < -0.4 is 0 Å². The van der Waals surface area contributed by atoms with Crippen LogP contribution in [-0.2, 0) is 14.3 Å². The number of fused-ring (bicyclic) bond motifs is 2. The summed E-state index contributed by atoms with van der Waals surface area (Å²) >= 11 is 0. The number of carbonyl (C=O) groups excluding carboxylic acids is 2. The lowest BCUT2D eigenvalue weighted by Crippen LogP contribution is -2.44. The normalized spacial score (nSPS) is 28.2. The van der Waals surface area contributed by atoms with Gasteiger partial charge in [-0.2, -0.15) is 9.98 Å². The summed E-state index contributed by atoms with van der Waals surface area (Å²) in [7, 11) is 0. The van der Waals surface area contributed by atoms with Gasteiger partial charge in [-0.15, -0.1) is 0 Å². The number of hydrogen-bond donors (Lipinski definition) is 0. The van der Waals surface area contributed by atoms with E-state index in [0.29, 0.717) is 50.1 Å². The molecule has 1 atom stereocenters. The molecule has 0 saturated carbocycles. The Balaban J connectivity index is 1.67. The second-order valence-electron chi connectivity index (χ2n) is 5.73. The minimum absolute atomic E-state index is 0.0693. The fourth-order valence-electron chi connectivity index (χ4n) is 3.25. The average Bonchev–Trinajstić information content (AvgIpc) is 2.55. The molecule has 4 aliphatic rings. The second-order valence-corrected chi connectivity index (χ2v) is 5.73. The summed E-state index contributed by atoms with van der Waals surface area (Å²) in [6, 6.07) is 0. The lowest BCUT2D eigenvalue weighted by atomic mass is 9.80. The molecule has 114 valence electrons. The van der Waals surface area contributed by atoms with E-state index < -0.39 is 5.92 Å². The maximum absolute atomic E-state index is 12.5. The molecule has 0 aromatic heterocycles. The summed E-state index contributed by atoms with van der Waals surface area (Å²) in [5, 5.41) is 0. The van der Waals surface area contributed by atoms with Gasteiger partial charge in [0.05, 0.1) is 13.2 Å². The van der Waals surface area contributed by atoms with Crippen LogP contribution in [0.3, 0.4) is 0 Å². The van der Waals surface area contributed by atoms with Crippen LogP contribution in [-0.4, -0.2) is 60.9 Å². The van der Waals surface area contributed by atoms with Gasteiger partial charge < -0.3 is 9.64 Å². The SMILES string of the molecule is O=C1CCCC2=C1C=NC1=NC(N3CCOCC3)=NC(=O)C12. The first-order valence-electron chi connectivity index (χ1n) is 7.58. The third kappa shape index (κ3) is 2.12. The predicted molar refractivity (Wildman–Crippen MR) is 80.1 cm³/mol. The summed E-state index contributed by atoms with van der Waals surface area (Å²) in [6.45, 7) is 2.55. The van der Waals surface area contributed by atoms with Crippen molar-refractivity contribution in [3.05, 3.63) is 11.1 Å². The van der Waals surface area contributed by atoms with Gasteiger partial charge in [-0.05, 0) is 18.4 Å². The van der Waals surface area contributed by atoms with Gasteiger partial charge in [0.2, 0.25) is 5.96 Å². The number of aliphatic imine (C=N–C) groups is 3. The van der Waals surface area contributed by atoms with Gasteiger partial charge in [0.15, 0.2) is 5.78 Å². The third-order valence-electron chi connectivity index (χ3n) is 4.39. The van der Waals surface area contributed by atoms with Crippen molar-refractivity contribution in [1.82, 2.24) is 4.90 Å². The monoisotopic (exact) mass is 300 g/mol. The van der Waals surface area contributed by atoms with Gasteiger partial charge in [0, 0.05) is 31.3 Å². The van der Waals surface area contributed by atoms with Crippen molar-refractivity contribution in [3.63, 3.8) is 0 Å². The summed E-state index contributed by atoms with van der Waals surface area (Å²) in [6.07, 6.45) is 3.62. The van der Waals surface area contributed by atoms with E-state index in [-0.39, 0.29) is 11.7 Å². The molecule has 1 unspecified atom stereocenters. The number of ketones is 1. The smallest absolute Gasteiger partial charge is 0.263 e. The first kappa shape index (κ1) is 13.5. The Morgan fingerprint density at radius 3 is 2.77 bits per heavy atom. The topological polar surface area (TPSA) is 83.7 Å². The van der Waals surface area contributed by atoms with Crippen LogP contribution in [0.1, 0.15) is 19.3 Å². The molecule has 7 heteroatoms. The van der Waals surface area contributed by atoms with Crippen molar-refractivity contribution < 1.29 is 14.3 Å². The number of dihydropyridines is 1. The number of morpholine rings is 1. The van der Waals surface area contributed by atoms with Crippen LogP contribution in [0.2, 0.25) is 0 Å². The summed E-state index contributed by atoms with van der Waals surface area (Å²) < 4.78 is 5.30. The highest BCUT2D eigenvalue weighted by atomic mass is 16.5. The molecule has 0 aromatic rings. The lowest BCUT2D eigenvalue weighted by Gasteiger charge is -2.32. The Bertz CT molecular complexity index is 668. The van der Waals surface area contributed by atoms with Crippen molar-refractivity contribution in [2.45, 2.75) is 19.3 Å². The van der Waals surface area contributed by atoms with Crippen LogP contribution >= 0.6 is 0 Å². The van der Waals surface area contributed by atoms with Crippen LogP contribution in [0, 0.1) is 5.92 Å². The standard InChI is InChI=1S/C15H16N4O3/c20-11-3-1-2-9-10(11)8-16-13-12(9)14(21)18-15(17-13)19-4-6-22-7-5-19/h8,12H,1-7H2. The minimum atomic E-state index is -0.561. The second kappa shape index (κ2) is 5.24. The fourth-order valence-corrected chi connectivity index (χ4v) is 3.25. The predicted octanol–water partition coefficient (Wildman–Crippen LogP) is 0.363. The van der Waals surface area contributed by atoms with E-state index in [9.17, 15) is 9.59 Å². The first-order chi connectivity index (χ1) is 10.7. The molecule has 1 saturated heterocycles. The number of nitrogens with zero attached hydrogens (tertiary/aromatic N) is 4. The van der Waals surface area contributed by atoms with Crippen LogP contribution in [0.15, 0.2) is 26.1 Å². The van der Waals surface area contributed by atoms with Gasteiger partial charge >= 0.3 is 0 Å². The maximum atomic E-state index is 12.5. The molecular weight excluding hydrogens is 284 g/mol. The van der Waals surface area contributed by atoms with E-state index in [2.05, 4.69) is 15.0 Å². The van der Waals surface area contributed by atoms with Crippen LogP contribution in [0.4, 0.5) is 0 Å². The Morgan fingerprint density at radius 1 is 1.14 bits per heavy atom. The summed E-state index contributed by atoms with van der Waals surface area (Å²) in [5.41, 5.74) is 1.44. The van der Waals surface area contributed by atoms with Gasteiger partial charge in [0.25, 0.3) is 5.91 Å². The number of allylic oxidation sites excluding steroid dienone is 1. The number of rotatable bonds is 0.